The molecule has 0 bridgehead atoms. The van der Waals surface area contributed by atoms with Crippen LogP contribution < -0.4 is 10.9 Å². The molecular weight excluding hydrogens is 362 g/mol. The van der Waals surface area contributed by atoms with E-state index in [-0.39, 0.29) is 17.4 Å². The molecule has 0 spiro atoms. The van der Waals surface area contributed by atoms with Gasteiger partial charge in [0.25, 0.3) is 5.56 Å². The minimum atomic E-state index is -0.0215. The third-order valence-corrected chi connectivity index (χ3v) is 5.40. The second-order valence-electron chi connectivity index (χ2n) is 7.43. The minimum Gasteiger partial charge on any atom is -0.356 e. The summed E-state index contributed by atoms with van der Waals surface area (Å²) >= 11 is 0. The molecule has 5 heteroatoms. The van der Waals surface area contributed by atoms with Gasteiger partial charge in [0.15, 0.2) is 0 Å². The molecular formula is C24H25N3O2. The van der Waals surface area contributed by atoms with Gasteiger partial charge < -0.3 is 14.3 Å². The first-order chi connectivity index (χ1) is 14.1. The second kappa shape index (κ2) is 8.35. The van der Waals surface area contributed by atoms with E-state index < -0.39 is 0 Å². The molecule has 29 heavy (non-hydrogen) atoms. The number of nitrogens with one attached hydrogen (secondary N) is 1. The molecule has 2 aromatic carbocycles. The average Bonchev–Trinajstić information content (AvgIpc) is 3.25. The van der Waals surface area contributed by atoms with E-state index in [0.717, 1.165) is 11.0 Å². The van der Waals surface area contributed by atoms with Crippen LogP contribution in [0.2, 0.25) is 0 Å². The molecule has 4 aromatic rings. The lowest BCUT2D eigenvalue weighted by Crippen LogP contribution is -2.28. The van der Waals surface area contributed by atoms with Gasteiger partial charge in [0, 0.05) is 25.7 Å². The predicted octanol–water partition coefficient (Wildman–Crippen LogP) is 3.95. The molecule has 1 amide bonds. The maximum atomic E-state index is 12.9. The van der Waals surface area contributed by atoms with Crippen molar-refractivity contribution in [1.82, 2.24) is 14.3 Å². The molecule has 0 aliphatic rings. The van der Waals surface area contributed by atoms with Crippen molar-refractivity contribution in [1.29, 1.82) is 0 Å². The monoisotopic (exact) mass is 387 g/mol. The van der Waals surface area contributed by atoms with Crippen LogP contribution in [-0.2, 0) is 11.3 Å². The number of carbonyl (C=O) groups is 1. The van der Waals surface area contributed by atoms with Gasteiger partial charge in [-0.25, -0.2) is 0 Å². The van der Waals surface area contributed by atoms with Crippen molar-refractivity contribution in [2.45, 2.75) is 32.2 Å². The van der Waals surface area contributed by atoms with E-state index in [1.807, 2.05) is 65.2 Å². The summed E-state index contributed by atoms with van der Waals surface area (Å²) in [6, 6.07) is 21.8. The largest absolute Gasteiger partial charge is 0.356 e. The first-order valence-corrected chi connectivity index (χ1v) is 10.1. The fourth-order valence-corrected chi connectivity index (χ4v) is 3.78. The Balaban J connectivity index is 1.40. The molecule has 0 saturated carbocycles. The zero-order chi connectivity index (χ0) is 20.2. The number of carbonyl (C=O) groups excluding carboxylic acids is 1. The highest BCUT2D eigenvalue weighted by Gasteiger charge is 2.11. The van der Waals surface area contributed by atoms with Crippen molar-refractivity contribution >= 4 is 22.5 Å². The van der Waals surface area contributed by atoms with Crippen molar-refractivity contribution < 1.29 is 4.79 Å². The highest BCUT2D eigenvalue weighted by Crippen LogP contribution is 2.16. The van der Waals surface area contributed by atoms with Crippen molar-refractivity contribution in [2.24, 2.45) is 0 Å². The lowest BCUT2D eigenvalue weighted by atomic mass is 10.0. The zero-order valence-corrected chi connectivity index (χ0v) is 16.5. The zero-order valence-electron chi connectivity index (χ0n) is 16.5. The fraction of sp³-hybridized carbons (Fsp3) is 0.250. The van der Waals surface area contributed by atoms with E-state index in [0.29, 0.717) is 31.4 Å². The van der Waals surface area contributed by atoms with E-state index in [1.165, 1.54) is 5.56 Å². The third kappa shape index (κ3) is 3.94. The fourth-order valence-electron chi connectivity index (χ4n) is 3.78. The van der Waals surface area contributed by atoms with Crippen LogP contribution in [0.15, 0.2) is 77.7 Å². The molecule has 148 valence electrons. The van der Waals surface area contributed by atoms with Gasteiger partial charge >= 0.3 is 0 Å². The number of aromatic nitrogens is 2. The van der Waals surface area contributed by atoms with Gasteiger partial charge in [-0.3, -0.25) is 9.59 Å². The molecule has 0 radical (unpaired) electrons. The average molecular weight is 387 g/mol. The van der Waals surface area contributed by atoms with Gasteiger partial charge in [-0.05, 0) is 42.2 Å². The normalized spacial score (nSPS) is 12.3. The maximum absolute atomic E-state index is 12.9. The van der Waals surface area contributed by atoms with E-state index in [1.54, 1.807) is 4.57 Å². The number of hydrogen-bond donors (Lipinski definition) is 1. The molecule has 1 N–H and O–H groups in total. The summed E-state index contributed by atoms with van der Waals surface area (Å²) in [5.41, 5.74) is 3.73. The van der Waals surface area contributed by atoms with E-state index in [9.17, 15) is 9.59 Å². The molecule has 2 aromatic heterocycles. The Kier molecular flexibility index (Phi) is 5.47. The number of rotatable bonds is 7. The summed E-state index contributed by atoms with van der Waals surface area (Å²) in [5, 5.41) is 3.01. The number of para-hydroxylation sites is 2. The molecule has 0 saturated heterocycles. The topological polar surface area (TPSA) is 55.5 Å². The number of hydrogen-bond acceptors (Lipinski definition) is 2. The summed E-state index contributed by atoms with van der Waals surface area (Å²) < 4.78 is 3.70. The molecule has 4 rings (SSSR count). The molecule has 0 aliphatic carbocycles. The molecule has 5 nitrogen and oxygen atoms in total. The van der Waals surface area contributed by atoms with E-state index in [4.69, 9.17) is 0 Å². The Labute approximate surface area is 169 Å². The summed E-state index contributed by atoms with van der Waals surface area (Å²) in [5.74, 6) is 0.289. The van der Waals surface area contributed by atoms with Gasteiger partial charge in [-0.1, -0.05) is 49.4 Å². The van der Waals surface area contributed by atoms with Crippen LogP contribution in [0.25, 0.3) is 16.6 Å². The van der Waals surface area contributed by atoms with Gasteiger partial charge in [0.1, 0.15) is 5.52 Å². The third-order valence-electron chi connectivity index (χ3n) is 5.40. The summed E-state index contributed by atoms with van der Waals surface area (Å²) in [7, 11) is 0. The number of aryl methyl sites for hydroxylation is 1. The molecule has 0 aliphatic heterocycles. The van der Waals surface area contributed by atoms with Crippen LogP contribution in [0.4, 0.5) is 0 Å². The highest BCUT2D eigenvalue weighted by atomic mass is 16.1. The molecule has 0 fully saturated rings. The van der Waals surface area contributed by atoms with E-state index in [2.05, 4.69) is 24.4 Å². The quantitative estimate of drug-likeness (QED) is 0.522. The van der Waals surface area contributed by atoms with Crippen LogP contribution in [0, 0.1) is 0 Å². The van der Waals surface area contributed by atoms with Crippen LogP contribution in [0.1, 0.15) is 31.2 Å². The second-order valence-corrected chi connectivity index (χ2v) is 7.43. The SMILES string of the molecule is CC(CNC(=O)CCCn1c(=O)c2cccn2c2ccccc21)c1ccccc1. The van der Waals surface area contributed by atoms with Crippen LogP contribution in [-0.4, -0.2) is 21.4 Å². The molecule has 1 unspecified atom stereocenters. The standard InChI is InChI=1S/C24H25N3O2/c1-18(19-9-3-2-4-10-19)17-25-23(28)14-8-16-27-21-12-6-5-11-20(21)26-15-7-13-22(26)24(27)29/h2-7,9-13,15,18H,8,14,16-17H2,1H3,(H,25,28). The van der Waals surface area contributed by atoms with Crippen LogP contribution >= 0.6 is 0 Å². The minimum absolute atomic E-state index is 0.0215. The number of fused-ring (bicyclic) bond motifs is 3. The van der Waals surface area contributed by atoms with Gasteiger partial charge in [0.2, 0.25) is 5.91 Å². The van der Waals surface area contributed by atoms with Crippen molar-refractivity contribution in [2.75, 3.05) is 6.54 Å². The van der Waals surface area contributed by atoms with E-state index >= 15 is 0 Å². The van der Waals surface area contributed by atoms with Gasteiger partial charge in [-0.2, -0.15) is 0 Å². The Hall–Kier alpha value is -3.34. The maximum Gasteiger partial charge on any atom is 0.275 e. The van der Waals surface area contributed by atoms with Crippen molar-refractivity contribution in [3.05, 3.63) is 88.8 Å². The van der Waals surface area contributed by atoms with Crippen LogP contribution in [0.5, 0.6) is 0 Å². The predicted molar refractivity (Wildman–Crippen MR) is 116 cm³/mol. The van der Waals surface area contributed by atoms with Gasteiger partial charge in [0.05, 0.1) is 11.0 Å². The molecule has 1 atom stereocenters. The first-order valence-electron chi connectivity index (χ1n) is 10.1. The first kappa shape index (κ1) is 19.0. The Bertz CT molecular complexity index is 1190. The Morgan fingerprint density at radius 1 is 0.931 bits per heavy atom. The summed E-state index contributed by atoms with van der Waals surface area (Å²) in [4.78, 5) is 25.2. The summed E-state index contributed by atoms with van der Waals surface area (Å²) in [6.07, 6.45) is 2.92. The van der Waals surface area contributed by atoms with Crippen LogP contribution in [0.3, 0.4) is 0 Å². The molecule has 2 heterocycles. The lowest BCUT2D eigenvalue weighted by molar-refractivity contribution is -0.121. The number of amides is 1. The number of nitrogens with zero attached hydrogens (tertiary/aromatic N) is 2. The van der Waals surface area contributed by atoms with Crippen molar-refractivity contribution in [3.8, 4) is 0 Å². The van der Waals surface area contributed by atoms with Gasteiger partial charge in [-0.15, -0.1) is 0 Å². The van der Waals surface area contributed by atoms with Crippen molar-refractivity contribution in [3.63, 3.8) is 0 Å². The number of benzene rings is 2. The Morgan fingerprint density at radius 3 is 2.41 bits per heavy atom. The highest BCUT2D eigenvalue weighted by molar-refractivity contribution is 5.79. The smallest absolute Gasteiger partial charge is 0.275 e. The Morgan fingerprint density at radius 2 is 1.62 bits per heavy atom. The lowest BCUT2D eigenvalue weighted by Gasteiger charge is -2.14. The summed E-state index contributed by atoms with van der Waals surface area (Å²) in [6.45, 7) is 3.23.